The summed E-state index contributed by atoms with van der Waals surface area (Å²) in [6.07, 6.45) is 1.81. The van der Waals surface area contributed by atoms with Crippen LogP contribution >= 0.6 is 0 Å². The van der Waals surface area contributed by atoms with Gasteiger partial charge in [0.05, 0.1) is 5.69 Å². The highest BCUT2D eigenvalue weighted by Gasteiger charge is 2.21. The SMILES string of the molecule is O=C1COc2cc(NC(=O)NC3CCN(c4ccccc4)CC3)ccc2N1. The van der Waals surface area contributed by atoms with Gasteiger partial charge in [-0.05, 0) is 37.1 Å². The molecule has 0 saturated carbocycles. The number of carbonyl (C=O) groups excluding carboxylic acids is 2. The molecule has 3 N–H and O–H groups in total. The third-order valence-corrected chi connectivity index (χ3v) is 4.82. The van der Waals surface area contributed by atoms with Gasteiger partial charge in [0.1, 0.15) is 5.75 Å². The molecule has 0 radical (unpaired) electrons. The molecule has 140 valence electrons. The van der Waals surface area contributed by atoms with Gasteiger partial charge in [0.15, 0.2) is 6.61 Å². The number of ether oxygens (including phenoxy) is 1. The summed E-state index contributed by atoms with van der Waals surface area (Å²) in [5.41, 5.74) is 2.47. The zero-order valence-electron chi connectivity index (χ0n) is 14.9. The Morgan fingerprint density at radius 1 is 1.11 bits per heavy atom. The lowest BCUT2D eigenvalue weighted by atomic mass is 10.0. The summed E-state index contributed by atoms with van der Waals surface area (Å²) in [4.78, 5) is 25.9. The lowest BCUT2D eigenvalue weighted by Crippen LogP contribution is -2.46. The number of piperidine rings is 1. The van der Waals surface area contributed by atoms with E-state index in [4.69, 9.17) is 4.74 Å². The summed E-state index contributed by atoms with van der Waals surface area (Å²) >= 11 is 0. The largest absolute Gasteiger partial charge is 0.482 e. The van der Waals surface area contributed by atoms with Crippen LogP contribution in [0.25, 0.3) is 0 Å². The highest BCUT2D eigenvalue weighted by atomic mass is 16.5. The van der Waals surface area contributed by atoms with E-state index in [2.05, 4.69) is 33.0 Å². The second kappa shape index (κ2) is 7.57. The number of benzene rings is 2. The smallest absolute Gasteiger partial charge is 0.319 e. The summed E-state index contributed by atoms with van der Waals surface area (Å²) in [6, 6.07) is 15.4. The Hall–Kier alpha value is -3.22. The second-order valence-electron chi connectivity index (χ2n) is 6.74. The molecule has 2 aromatic carbocycles. The summed E-state index contributed by atoms with van der Waals surface area (Å²) < 4.78 is 5.37. The highest BCUT2D eigenvalue weighted by molar-refractivity contribution is 5.96. The average molecular weight is 366 g/mol. The molecule has 7 heteroatoms. The number of nitrogens with zero attached hydrogens (tertiary/aromatic N) is 1. The highest BCUT2D eigenvalue weighted by Crippen LogP contribution is 2.30. The predicted molar refractivity (Wildman–Crippen MR) is 104 cm³/mol. The molecule has 2 aliphatic rings. The minimum Gasteiger partial charge on any atom is -0.482 e. The number of amides is 3. The molecule has 0 bridgehead atoms. The minimum absolute atomic E-state index is 0.0113. The maximum absolute atomic E-state index is 12.3. The number of para-hydroxylation sites is 1. The monoisotopic (exact) mass is 366 g/mol. The Balaban J connectivity index is 1.28. The van der Waals surface area contributed by atoms with Crippen LogP contribution in [0.5, 0.6) is 5.75 Å². The Morgan fingerprint density at radius 3 is 2.67 bits per heavy atom. The fourth-order valence-corrected chi connectivity index (χ4v) is 3.43. The van der Waals surface area contributed by atoms with Crippen LogP contribution in [0.2, 0.25) is 0 Å². The summed E-state index contributed by atoms with van der Waals surface area (Å²) in [6.45, 7) is 1.82. The van der Waals surface area contributed by atoms with Crippen LogP contribution in [0.15, 0.2) is 48.5 Å². The third-order valence-electron chi connectivity index (χ3n) is 4.82. The van der Waals surface area contributed by atoms with Crippen LogP contribution in [0.1, 0.15) is 12.8 Å². The predicted octanol–water partition coefficient (Wildman–Crippen LogP) is 2.81. The third kappa shape index (κ3) is 4.13. The van der Waals surface area contributed by atoms with Crippen molar-refractivity contribution >= 4 is 29.0 Å². The average Bonchev–Trinajstić information content (AvgIpc) is 2.69. The maximum Gasteiger partial charge on any atom is 0.319 e. The van der Waals surface area contributed by atoms with Gasteiger partial charge in [-0.25, -0.2) is 4.79 Å². The van der Waals surface area contributed by atoms with Crippen LogP contribution < -0.4 is 25.6 Å². The van der Waals surface area contributed by atoms with Crippen molar-refractivity contribution in [2.45, 2.75) is 18.9 Å². The summed E-state index contributed by atoms with van der Waals surface area (Å²) in [7, 11) is 0. The number of nitrogens with one attached hydrogen (secondary N) is 3. The van der Waals surface area contributed by atoms with E-state index in [9.17, 15) is 9.59 Å². The van der Waals surface area contributed by atoms with Crippen molar-refractivity contribution in [3.8, 4) is 5.75 Å². The Morgan fingerprint density at radius 2 is 1.89 bits per heavy atom. The lowest BCUT2D eigenvalue weighted by molar-refractivity contribution is -0.118. The Labute approximate surface area is 157 Å². The van der Waals surface area contributed by atoms with Crippen LogP contribution in [-0.4, -0.2) is 37.7 Å². The van der Waals surface area contributed by atoms with E-state index < -0.39 is 0 Å². The molecule has 3 amide bonds. The topological polar surface area (TPSA) is 82.7 Å². The molecule has 7 nitrogen and oxygen atoms in total. The van der Waals surface area contributed by atoms with Crippen molar-refractivity contribution in [2.24, 2.45) is 0 Å². The van der Waals surface area contributed by atoms with E-state index >= 15 is 0 Å². The van der Waals surface area contributed by atoms with E-state index in [1.165, 1.54) is 5.69 Å². The molecule has 0 aromatic heterocycles. The summed E-state index contributed by atoms with van der Waals surface area (Å²) in [5.74, 6) is 0.381. The summed E-state index contributed by atoms with van der Waals surface area (Å²) in [5, 5.41) is 8.60. The lowest BCUT2D eigenvalue weighted by Gasteiger charge is -2.34. The molecule has 0 aliphatic carbocycles. The van der Waals surface area contributed by atoms with Gasteiger partial charge in [-0.15, -0.1) is 0 Å². The molecule has 0 unspecified atom stereocenters. The van der Waals surface area contributed by atoms with Gasteiger partial charge in [0, 0.05) is 36.6 Å². The number of hydrogen-bond acceptors (Lipinski definition) is 4. The molecule has 1 saturated heterocycles. The first kappa shape index (κ1) is 17.2. The van der Waals surface area contributed by atoms with E-state index in [1.807, 2.05) is 18.2 Å². The van der Waals surface area contributed by atoms with Crippen LogP contribution in [-0.2, 0) is 4.79 Å². The van der Waals surface area contributed by atoms with Crippen molar-refractivity contribution in [1.29, 1.82) is 0 Å². The molecule has 0 atom stereocenters. The number of rotatable bonds is 3. The molecular weight excluding hydrogens is 344 g/mol. The van der Waals surface area contributed by atoms with Crippen molar-refractivity contribution < 1.29 is 14.3 Å². The number of urea groups is 1. The van der Waals surface area contributed by atoms with Crippen molar-refractivity contribution in [1.82, 2.24) is 5.32 Å². The molecule has 2 aliphatic heterocycles. The first-order valence-corrected chi connectivity index (χ1v) is 9.11. The Bertz CT molecular complexity index is 832. The standard InChI is InChI=1S/C20H22N4O3/c25-19-13-27-18-12-15(6-7-17(18)23-19)22-20(26)21-14-8-10-24(11-9-14)16-4-2-1-3-5-16/h1-7,12,14H,8-11,13H2,(H,23,25)(H2,21,22,26). The van der Waals surface area contributed by atoms with Gasteiger partial charge >= 0.3 is 6.03 Å². The van der Waals surface area contributed by atoms with Gasteiger partial charge in [-0.1, -0.05) is 18.2 Å². The van der Waals surface area contributed by atoms with E-state index in [0.717, 1.165) is 25.9 Å². The Kier molecular flexibility index (Phi) is 4.82. The van der Waals surface area contributed by atoms with E-state index in [0.29, 0.717) is 17.1 Å². The van der Waals surface area contributed by atoms with E-state index in [1.54, 1.807) is 18.2 Å². The fraction of sp³-hybridized carbons (Fsp3) is 0.300. The number of hydrogen-bond donors (Lipinski definition) is 3. The van der Waals surface area contributed by atoms with E-state index in [-0.39, 0.29) is 24.6 Å². The van der Waals surface area contributed by atoms with Crippen molar-refractivity contribution in [2.75, 3.05) is 35.2 Å². The molecular formula is C20H22N4O3. The van der Waals surface area contributed by atoms with Gasteiger partial charge < -0.3 is 25.6 Å². The second-order valence-corrected chi connectivity index (χ2v) is 6.74. The van der Waals surface area contributed by atoms with Gasteiger partial charge in [-0.3, -0.25) is 4.79 Å². The first-order valence-electron chi connectivity index (χ1n) is 9.11. The molecule has 4 rings (SSSR count). The number of fused-ring (bicyclic) bond motifs is 1. The molecule has 0 spiro atoms. The van der Waals surface area contributed by atoms with Crippen molar-refractivity contribution in [3.63, 3.8) is 0 Å². The molecule has 27 heavy (non-hydrogen) atoms. The minimum atomic E-state index is -0.229. The number of carbonyl (C=O) groups is 2. The zero-order chi connectivity index (χ0) is 18.6. The molecule has 2 aromatic rings. The normalized spacial score (nSPS) is 16.7. The fourth-order valence-electron chi connectivity index (χ4n) is 3.43. The molecule has 1 fully saturated rings. The van der Waals surface area contributed by atoms with Crippen LogP contribution in [0.4, 0.5) is 21.9 Å². The number of anilines is 3. The van der Waals surface area contributed by atoms with Crippen LogP contribution in [0.3, 0.4) is 0 Å². The zero-order valence-corrected chi connectivity index (χ0v) is 14.9. The maximum atomic E-state index is 12.3. The van der Waals surface area contributed by atoms with Gasteiger partial charge in [0.25, 0.3) is 5.91 Å². The quantitative estimate of drug-likeness (QED) is 0.780. The van der Waals surface area contributed by atoms with Crippen LogP contribution in [0, 0.1) is 0 Å². The first-order chi connectivity index (χ1) is 13.2. The molecule has 2 heterocycles. The van der Waals surface area contributed by atoms with Gasteiger partial charge in [-0.2, -0.15) is 0 Å². The van der Waals surface area contributed by atoms with Crippen molar-refractivity contribution in [3.05, 3.63) is 48.5 Å². The van der Waals surface area contributed by atoms with Gasteiger partial charge in [0.2, 0.25) is 0 Å².